The fraction of sp³-hybridized carbons (Fsp3) is 0.545. The molecule has 0 aromatic carbocycles. The van der Waals surface area contributed by atoms with Crippen molar-refractivity contribution >= 4 is 23.5 Å². The average molecular weight is 284 g/mol. The number of nitrogens with zero attached hydrogens (tertiary/aromatic N) is 2. The molecular weight excluding hydrogens is 268 g/mol. The quantitative estimate of drug-likeness (QED) is 0.583. The summed E-state index contributed by atoms with van der Waals surface area (Å²) in [5.74, 6) is 0.163. The highest BCUT2D eigenvalue weighted by molar-refractivity contribution is 8.00. The third kappa shape index (κ3) is 3.71. The first-order valence-corrected chi connectivity index (χ1v) is 6.84. The van der Waals surface area contributed by atoms with Gasteiger partial charge in [-0.25, -0.2) is 4.98 Å². The minimum Gasteiger partial charge on any atom is -0.383 e. The van der Waals surface area contributed by atoms with Crippen LogP contribution in [0.2, 0.25) is 0 Å². The molecule has 0 spiro atoms. The van der Waals surface area contributed by atoms with Gasteiger partial charge in [-0.15, -0.1) is 0 Å². The average Bonchev–Trinajstić information content (AvgIpc) is 2.37. The van der Waals surface area contributed by atoms with Gasteiger partial charge >= 0.3 is 0 Å². The van der Waals surface area contributed by atoms with Crippen molar-refractivity contribution in [2.45, 2.75) is 17.3 Å². The summed E-state index contributed by atoms with van der Waals surface area (Å²) < 4.78 is 5.20. The molecule has 1 aliphatic heterocycles. The summed E-state index contributed by atoms with van der Waals surface area (Å²) >= 11 is 1.19. The van der Waals surface area contributed by atoms with E-state index in [4.69, 9.17) is 10.5 Å². The lowest BCUT2D eigenvalue weighted by Crippen LogP contribution is -2.44. The van der Waals surface area contributed by atoms with Crippen molar-refractivity contribution in [1.29, 1.82) is 0 Å². The minimum atomic E-state index is -0.331. The van der Waals surface area contributed by atoms with Gasteiger partial charge in [0.25, 0.3) is 5.56 Å². The van der Waals surface area contributed by atoms with Crippen LogP contribution in [0.4, 0.5) is 5.82 Å². The summed E-state index contributed by atoms with van der Waals surface area (Å²) in [5.41, 5.74) is 5.18. The van der Waals surface area contributed by atoms with Crippen LogP contribution >= 0.6 is 11.8 Å². The Bertz CT molecular complexity index is 513. The minimum absolute atomic E-state index is 0.0124. The van der Waals surface area contributed by atoms with Crippen LogP contribution in [0.25, 0.3) is 0 Å². The number of thioether (sulfide) groups is 1. The number of aromatic amines is 1. The highest BCUT2D eigenvalue weighted by Crippen LogP contribution is 2.20. The zero-order valence-electron chi connectivity index (χ0n) is 10.6. The summed E-state index contributed by atoms with van der Waals surface area (Å²) in [6.45, 7) is 4.12. The molecule has 3 N–H and O–H groups in total. The standard InChI is InChI=1S/C11H16N4O3S/c1-7(10(17)15-2-4-18-5-3-15)19-11-13-8(12)6-9(16)14-11/h6-7H,2-5H2,1H3,(H3,12,13,14,16)/t7-/m1/s1. The third-order valence-corrected chi connectivity index (χ3v) is 3.67. The second kappa shape index (κ2) is 6.07. The Morgan fingerprint density at radius 1 is 1.58 bits per heavy atom. The summed E-state index contributed by atoms with van der Waals surface area (Å²) in [6, 6.07) is 1.21. The number of amides is 1. The summed E-state index contributed by atoms with van der Waals surface area (Å²) in [6.07, 6.45) is 0. The van der Waals surface area contributed by atoms with Crippen LogP contribution in [0.3, 0.4) is 0 Å². The van der Waals surface area contributed by atoms with Crippen molar-refractivity contribution in [3.63, 3.8) is 0 Å². The van der Waals surface area contributed by atoms with Gasteiger partial charge in [0.2, 0.25) is 5.91 Å². The first-order chi connectivity index (χ1) is 9.06. The van der Waals surface area contributed by atoms with Gasteiger partial charge in [-0.05, 0) is 6.92 Å². The number of rotatable bonds is 3. The molecule has 0 unspecified atom stereocenters. The van der Waals surface area contributed by atoms with Crippen LogP contribution in [-0.4, -0.2) is 52.3 Å². The molecule has 1 aliphatic rings. The van der Waals surface area contributed by atoms with Gasteiger partial charge in [-0.3, -0.25) is 9.59 Å². The van der Waals surface area contributed by atoms with Crippen molar-refractivity contribution in [3.05, 3.63) is 16.4 Å². The Labute approximate surface area is 114 Å². The molecule has 7 nitrogen and oxygen atoms in total. The Morgan fingerprint density at radius 2 is 2.26 bits per heavy atom. The molecule has 104 valence electrons. The lowest BCUT2D eigenvalue weighted by Gasteiger charge is -2.28. The molecule has 1 aromatic heterocycles. The number of nitrogen functional groups attached to an aromatic ring is 1. The van der Waals surface area contributed by atoms with Gasteiger partial charge in [-0.2, -0.15) is 0 Å². The monoisotopic (exact) mass is 284 g/mol. The normalized spacial score (nSPS) is 17.2. The van der Waals surface area contributed by atoms with Gasteiger partial charge in [0.15, 0.2) is 5.16 Å². The third-order valence-electron chi connectivity index (χ3n) is 2.70. The number of anilines is 1. The zero-order valence-corrected chi connectivity index (χ0v) is 11.4. The van der Waals surface area contributed by atoms with E-state index >= 15 is 0 Å². The van der Waals surface area contributed by atoms with E-state index < -0.39 is 0 Å². The molecule has 0 bridgehead atoms. The number of hydrogen-bond acceptors (Lipinski definition) is 6. The second-order valence-electron chi connectivity index (χ2n) is 4.17. The largest absolute Gasteiger partial charge is 0.383 e. The van der Waals surface area contributed by atoms with E-state index in [9.17, 15) is 9.59 Å². The van der Waals surface area contributed by atoms with Crippen LogP contribution in [0.5, 0.6) is 0 Å². The van der Waals surface area contributed by atoms with Crippen molar-refractivity contribution in [2.75, 3.05) is 32.0 Å². The SMILES string of the molecule is C[C@@H](Sc1nc(N)cc(=O)[nH]1)C(=O)N1CCOCC1. The van der Waals surface area contributed by atoms with Gasteiger partial charge in [-0.1, -0.05) is 11.8 Å². The predicted octanol–water partition coefficient (Wildman–Crippen LogP) is -0.308. The Kier molecular flexibility index (Phi) is 4.43. The van der Waals surface area contributed by atoms with E-state index in [2.05, 4.69) is 9.97 Å². The zero-order chi connectivity index (χ0) is 13.8. The molecule has 0 radical (unpaired) electrons. The van der Waals surface area contributed by atoms with Crippen LogP contribution in [-0.2, 0) is 9.53 Å². The maximum absolute atomic E-state index is 12.2. The molecule has 0 aliphatic carbocycles. The van der Waals surface area contributed by atoms with E-state index in [0.29, 0.717) is 31.5 Å². The van der Waals surface area contributed by atoms with Crippen molar-refractivity contribution < 1.29 is 9.53 Å². The number of ether oxygens (including phenoxy) is 1. The smallest absolute Gasteiger partial charge is 0.253 e. The summed E-state index contributed by atoms with van der Waals surface area (Å²) in [7, 11) is 0. The summed E-state index contributed by atoms with van der Waals surface area (Å²) in [4.78, 5) is 31.7. The number of aromatic nitrogens is 2. The second-order valence-corrected chi connectivity index (χ2v) is 5.50. The van der Waals surface area contributed by atoms with E-state index in [1.165, 1.54) is 17.8 Å². The lowest BCUT2D eigenvalue weighted by atomic mass is 10.3. The predicted molar refractivity (Wildman–Crippen MR) is 72.0 cm³/mol. The molecule has 8 heteroatoms. The highest BCUT2D eigenvalue weighted by Gasteiger charge is 2.23. The van der Waals surface area contributed by atoms with Crippen molar-refractivity contribution in [1.82, 2.24) is 14.9 Å². The molecule has 1 aromatic rings. The lowest BCUT2D eigenvalue weighted by molar-refractivity contribution is -0.134. The highest BCUT2D eigenvalue weighted by atomic mass is 32.2. The molecule has 19 heavy (non-hydrogen) atoms. The number of hydrogen-bond donors (Lipinski definition) is 2. The van der Waals surface area contributed by atoms with Crippen LogP contribution in [0.1, 0.15) is 6.92 Å². The van der Waals surface area contributed by atoms with Crippen molar-refractivity contribution in [2.24, 2.45) is 0 Å². The molecule has 1 fully saturated rings. The van der Waals surface area contributed by atoms with E-state index in [1.54, 1.807) is 11.8 Å². The van der Waals surface area contributed by atoms with Crippen molar-refractivity contribution in [3.8, 4) is 0 Å². The van der Waals surface area contributed by atoms with Gasteiger partial charge in [0.1, 0.15) is 5.82 Å². The molecule has 2 rings (SSSR count). The number of nitrogens with two attached hydrogens (primary N) is 1. The van der Waals surface area contributed by atoms with Crippen LogP contribution in [0, 0.1) is 0 Å². The Hall–Kier alpha value is -1.54. The Balaban J connectivity index is 2.01. The number of H-pyrrole nitrogens is 1. The fourth-order valence-corrected chi connectivity index (χ4v) is 2.67. The fourth-order valence-electron chi connectivity index (χ4n) is 1.77. The molecule has 1 amide bonds. The van der Waals surface area contributed by atoms with E-state index in [1.807, 2.05) is 0 Å². The number of carbonyl (C=O) groups excluding carboxylic acids is 1. The molecule has 1 saturated heterocycles. The van der Waals surface area contributed by atoms with Crippen LogP contribution < -0.4 is 11.3 Å². The Morgan fingerprint density at radius 3 is 2.89 bits per heavy atom. The van der Waals surface area contributed by atoms with Gasteiger partial charge in [0.05, 0.1) is 18.5 Å². The molecular formula is C11H16N4O3S. The molecule has 2 heterocycles. The maximum atomic E-state index is 12.2. The topological polar surface area (TPSA) is 101 Å². The van der Waals surface area contributed by atoms with Gasteiger partial charge in [0, 0.05) is 19.2 Å². The molecule has 1 atom stereocenters. The van der Waals surface area contributed by atoms with E-state index in [-0.39, 0.29) is 22.5 Å². The van der Waals surface area contributed by atoms with Crippen LogP contribution in [0.15, 0.2) is 16.0 Å². The first kappa shape index (κ1) is 13.9. The van der Waals surface area contributed by atoms with E-state index in [0.717, 1.165) is 0 Å². The number of carbonyl (C=O) groups is 1. The maximum Gasteiger partial charge on any atom is 0.253 e. The number of nitrogens with one attached hydrogen (secondary N) is 1. The summed E-state index contributed by atoms with van der Waals surface area (Å²) in [5, 5.41) is 0.0298. The van der Waals surface area contributed by atoms with Gasteiger partial charge < -0.3 is 20.4 Å². The molecule has 0 saturated carbocycles. The first-order valence-electron chi connectivity index (χ1n) is 5.96. The number of morpholine rings is 1.